The molecule has 0 saturated carbocycles. The number of carbonyl (C=O) groups excluding carboxylic acids is 1. The van der Waals surface area contributed by atoms with Gasteiger partial charge in [-0.1, -0.05) is 30.3 Å². The van der Waals surface area contributed by atoms with E-state index < -0.39 is 0 Å². The second kappa shape index (κ2) is 10.7. The molecule has 2 aromatic carbocycles. The van der Waals surface area contributed by atoms with Crippen molar-refractivity contribution in [1.82, 2.24) is 10.2 Å². The van der Waals surface area contributed by atoms with E-state index in [2.05, 4.69) is 22.3 Å². The number of hydrogen-bond acceptors (Lipinski definition) is 5. The maximum atomic E-state index is 11.9. The Kier molecular flexibility index (Phi) is 7.70. The van der Waals surface area contributed by atoms with Crippen LogP contribution in [0.15, 0.2) is 54.6 Å². The van der Waals surface area contributed by atoms with Crippen molar-refractivity contribution in [2.24, 2.45) is 0 Å². The third kappa shape index (κ3) is 6.25. The Morgan fingerprint density at radius 2 is 1.89 bits per heavy atom. The van der Waals surface area contributed by atoms with E-state index >= 15 is 0 Å². The summed E-state index contributed by atoms with van der Waals surface area (Å²) in [5, 5.41) is 2.91. The Morgan fingerprint density at radius 1 is 1.14 bits per heavy atom. The monoisotopic (exact) mass is 384 g/mol. The van der Waals surface area contributed by atoms with Crippen LogP contribution < -0.4 is 14.8 Å². The minimum absolute atomic E-state index is 0.0139. The minimum atomic E-state index is -0.111. The van der Waals surface area contributed by atoms with Gasteiger partial charge in [-0.25, -0.2) is 0 Å². The smallest absolute Gasteiger partial charge is 0.257 e. The van der Waals surface area contributed by atoms with Gasteiger partial charge >= 0.3 is 0 Å². The van der Waals surface area contributed by atoms with Gasteiger partial charge < -0.3 is 19.5 Å². The lowest BCUT2D eigenvalue weighted by Crippen LogP contribution is -2.40. The number of nitrogens with one attached hydrogen (secondary N) is 1. The van der Waals surface area contributed by atoms with Gasteiger partial charge in [0.05, 0.1) is 19.8 Å². The first-order valence-electron chi connectivity index (χ1n) is 9.67. The van der Waals surface area contributed by atoms with Crippen LogP contribution in [0.5, 0.6) is 11.5 Å². The van der Waals surface area contributed by atoms with Gasteiger partial charge in [0.1, 0.15) is 11.5 Å². The van der Waals surface area contributed by atoms with Gasteiger partial charge in [-0.05, 0) is 36.2 Å². The van der Waals surface area contributed by atoms with Crippen molar-refractivity contribution in [3.05, 3.63) is 60.2 Å². The molecule has 0 aromatic heterocycles. The number of methoxy groups -OCH3 is 1. The number of benzene rings is 2. The maximum Gasteiger partial charge on any atom is 0.257 e. The lowest BCUT2D eigenvalue weighted by atomic mass is 10.1. The molecular formula is C22H28N2O4. The molecule has 0 radical (unpaired) electrons. The fourth-order valence-corrected chi connectivity index (χ4v) is 3.18. The summed E-state index contributed by atoms with van der Waals surface area (Å²) in [6, 6.07) is 17.5. The fraction of sp³-hybridized carbons (Fsp3) is 0.409. The highest BCUT2D eigenvalue weighted by molar-refractivity contribution is 5.77. The summed E-state index contributed by atoms with van der Waals surface area (Å²) < 4.78 is 16.5. The molecule has 1 aliphatic rings. The summed E-state index contributed by atoms with van der Waals surface area (Å²) in [4.78, 5) is 14.3. The Morgan fingerprint density at radius 3 is 2.64 bits per heavy atom. The molecule has 3 rings (SSSR count). The van der Waals surface area contributed by atoms with Gasteiger partial charge in [-0.15, -0.1) is 0 Å². The molecule has 1 amide bonds. The predicted octanol–water partition coefficient (Wildman–Crippen LogP) is 2.65. The lowest BCUT2D eigenvalue weighted by molar-refractivity contribution is -0.123. The van der Waals surface area contributed by atoms with Crippen LogP contribution in [-0.4, -0.2) is 57.3 Å². The highest BCUT2D eigenvalue weighted by Crippen LogP contribution is 2.21. The average molecular weight is 384 g/mol. The topological polar surface area (TPSA) is 60.0 Å². The Bertz CT molecular complexity index is 721. The summed E-state index contributed by atoms with van der Waals surface area (Å²) in [5.41, 5.74) is 1.22. The molecule has 1 fully saturated rings. The quantitative estimate of drug-likeness (QED) is 0.674. The van der Waals surface area contributed by atoms with Gasteiger partial charge in [0, 0.05) is 26.2 Å². The number of ether oxygens (including phenoxy) is 3. The van der Waals surface area contributed by atoms with E-state index in [1.54, 1.807) is 31.4 Å². The van der Waals surface area contributed by atoms with E-state index in [0.717, 1.165) is 38.4 Å². The van der Waals surface area contributed by atoms with Crippen molar-refractivity contribution in [3.63, 3.8) is 0 Å². The van der Waals surface area contributed by atoms with Crippen molar-refractivity contribution in [1.29, 1.82) is 0 Å². The fourth-order valence-electron chi connectivity index (χ4n) is 3.18. The number of amides is 1. The molecule has 150 valence electrons. The molecule has 1 atom stereocenters. The molecule has 1 N–H and O–H groups in total. The average Bonchev–Trinajstić information content (AvgIpc) is 2.76. The van der Waals surface area contributed by atoms with E-state index in [4.69, 9.17) is 14.2 Å². The second-order valence-electron chi connectivity index (χ2n) is 6.74. The van der Waals surface area contributed by atoms with E-state index in [0.29, 0.717) is 12.3 Å². The first kappa shape index (κ1) is 20.2. The molecule has 1 saturated heterocycles. The van der Waals surface area contributed by atoms with Crippen molar-refractivity contribution in [2.45, 2.75) is 12.5 Å². The molecule has 0 aliphatic carbocycles. The lowest BCUT2D eigenvalue weighted by Gasteiger charge is -2.33. The van der Waals surface area contributed by atoms with Gasteiger partial charge in [-0.3, -0.25) is 9.69 Å². The molecule has 0 spiro atoms. The molecule has 1 heterocycles. The summed E-state index contributed by atoms with van der Waals surface area (Å²) in [6.07, 6.45) is 1.03. The Hall–Kier alpha value is -2.57. The highest BCUT2D eigenvalue weighted by atomic mass is 16.5. The zero-order valence-corrected chi connectivity index (χ0v) is 16.3. The van der Waals surface area contributed by atoms with Gasteiger partial charge in [0.15, 0.2) is 6.61 Å². The normalized spacial score (nSPS) is 17.1. The highest BCUT2D eigenvalue weighted by Gasteiger charge is 2.21. The van der Waals surface area contributed by atoms with Gasteiger partial charge in [-0.2, -0.15) is 0 Å². The second-order valence-corrected chi connectivity index (χ2v) is 6.74. The van der Waals surface area contributed by atoms with Crippen LogP contribution in [0, 0.1) is 0 Å². The molecule has 1 unspecified atom stereocenters. The van der Waals surface area contributed by atoms with Crippen molar-refractivity contribution >= 4 is 5.91 Å². The maximum absolute atomic E-state index is 11.9. The molecule has 0 bridgehead atoms. The van der Waals surface area contributed by atoms with Crippen molar-refractivity contribution in [3.8, 4) is 11.5 Å². The number of rotatable bonds is 9. The van der Waals surface area contributed by atoms with Crippen LogP contribution in [0.4, 0.5) is 0 Å². The van der Waals surface area contributed by atoms with Crippen LogP contribution in [0.2, 0.25) is 0 Å². The minimum Gasteiger partial charge on any atom is -0.497 e. The van der Waals surface area contributed by atoms with E-state index in [-0.39, 0.29) is 18.6 Å². The Balaban J connectivity index is 1.31. The standard InChI is InChI=1S/C22H28N2O4/c1-26-19-8-10-20(11-9-19)28-17-22(25)23-12-5-13-24-14-15-27-21(16-24)18-6-3-2-4-7-18/h2-4,6-11,21H,5,12-17H2,1H3,(H,23,25). The number of hydrogen-bond donors (Lipinski definition) is 1. The largest absolute Gasteiger partial charge is 0.497 e. The number of nitrogens with zero attached hydrogens (tertiary/aromatic N) is 1. The van der Waals surface area contributed by atoms with Crippen molar-refractivity contribution in [2.75, 3.05) is 46.5 Å². The number of carbonyl (C=O) groups is 1. The van der Waals surface area contributed by atoms with E-state index in [1.165, 1.54) is 5.56 Å². The van der Waals surface area contributed by atoms with E-state index in [1.807, 2.05) is 18.2 Å². The third-order valence-electron chi connectivity index (χ3n) is 4.72. The molecule has 6 heteroatoms. The number of morpholine rings is 1. The van der Waals surface area contributed by atoms with Crippen LogP contribution >= 0.6 is 0 Å². The Labute approximate surface area is 166 Å². The van der Waals surface area contributed by atoms with Gasteiger partial charge in [0.25, 0.3) is 5.91 Å². The van der Waals surface area contributed by atoms with Crippen LogP contribution in [-0.2, 0) is 9.53 Å². The molecule has 1 aliphatic heterocycles. The van der Waals surface area contributed by atoms with Crippen LogP contribution in [0.3, 0.4) is 0 Å². The third-order valence-corrected chi connectivity index (χ3v) is 4.72. The molecule has 6 nitrogen and oxygen atoms in total. The summed E-state index contributed by atoms with van der Waals surface area (Å²) >= 11 is 0. The summed E-state index contributed by atoms with van der Waals surface area (Å²) in [6.45, 7) is 4.14. The first-order chi connectivity index (χ1) is 13.7. The van der Waals surface area contributed by atoms with Gasteiger partial charge in [0.2, 0.25) is 0 Å². The predicted molar refractivity (Wildman–Crippen MR) is 108 cm³/mol. The van der Waals surface area contributed by atoms with Crippen LogP contribution in [0.25, 0.3) is 0 Å². The summed E-state index contributed by atoms with van der Waals surface area (Å²) in [5.74, 6) is 1.30. The zero-order chi connectivity index (χ0) is 19.6. The molecule has 28 heavy (non-hydrogen) atoms. The van der Waals surface area contributed by atoms with E-state index in [9.17, 15) is 4.79 Å². The zero-order valence-electron chi connectivity index (χ0n) is 16.3. The molecule has 2 aromatic rings. The van der Waals surface area contributed by atoms with Crippen LogP contribution in [0.1, 0.15) is 18.1 Å². The molecular weight excluding hydrogens is 356 g/mol. The summed E-state index contributed by atoms with van der Waals surface area (Å²) in [7, 11) is 1.61. The first-order valence-corrected chi connectivity index (χ1v) is 9.67. The van der Waals surface area contributed by atoms with Crippen molar-refractivity contribution < 1.29 is 19.0 Å². The SMILES string of the molecule is COc1ccc(OCC(=O)NCCCN2CCOC(c3ccccc3)C2)cc1.